The highest BCUT2D eigenvalue weighted by Gasteiger charge is 2.43. The Hall–Kier alpha value is -2.62. The number of Topliss-reactive ketones (excluding diaryl/α,β-unsaturated/α-hetero) is 1. The van der Waals surface area contributed by atoms with E-state index in [0.717, 1.165) is 11.3 Å². The molecule has 1 atom stereocenters. The second-order valence-corrected chi connectivity index (χ2v) is 6.99. The maximum Gasteiger partial charge on any atom is 0.196 e. The number of carbonyl (C=O) groups excluding carboxylic acids is 1. The van der Waals surface area contributed by atoms with E-state index in [2.05, 4.69) is 42.9 Å². The molecule has 24 heavy (non-hydrogen) atoms. The Morgan fingerprint density at radius 1 is 0.958 bits per heavy atom. The van der Waals surface area contributed by atoms with E-state index in [1.165, 1.54) is 0 Å². The first-order valence-corrected chi connectivity index (χ1v) is 8.17. The summed E-state index contributed by atoms with van der Waals surface area (Å²) in [5.74, 6) is 0.476. The summed E-state index contributed by atoms with van der Waals surface area (Å²) in [5.41, 5.74) is 1.84. The predicted molar refractivity (Wildman–Crippen MR) is 97.8 cm³/mol. The molecule has 0 saturated heterocycles. The van der Waals surface area contributed by atoms with Crippen LogP contribution in [0.15, 0.2) is 65.8 Å². The summed E-state index contributed by atoms with van der Waals surface area (Å²) in [6.07, 6.45) is -0.146. The summed E-state index contributed by atoms with van der Waals surface area (Å²) in [4.78, 5) is 14.4. The van der Waals surface area contributed by atoms with Crippen LogP contribution in [0.5, 0.6) is 0 Å². The van der Waals surface area contributed by atoms with E-state index in [1.54, 1.807) is 6.92 Å². The quantitative estimate of drug-likeness (QED) is 0.849. The van der Waals surface area contributed by atoms with Crippen LogP contribution in [0.1, 0.15) is 39.4 Å². The monoisotopic (exact) mass is 321 g/mol. The number of hydrogen-bond acceptors (Lipinski definition) is 4. The molecule has 0 aliphatic carbocycles. The zero-order valence-corrected chi connectivity index (χ0v) is 14.6. The smallest absolute Gasteiger partial charge is 0.196 e. The van der Waals surface area contributed by atoms with Gasteiger partial charge in [0.25, 0.3) is 0 Å². The third-order valence-electron chi connectivity index (χ3n) is 4.06. The Balaban J connectivity index is 2.17. The van der Waals surface area contributed by atoms with Crippen LogP contribution in [0.25, 0.3) is 0 Å². The number of rotatable bonds is 3. The second kappa shape index (κ2) is 6.11. The van der Waals surface area contributed by atoms with Gasteiger partial charge in [-0.05, 0) is 38.5 Å². The Kier molecular flexibility index (Phi) is 4.14. The number of hydrazone groups is 1. The van der Waals surface area contributed by atoms with E-state index in [4.69, 9.17) is 0 Å². The lowest BCUT2D eigenvalue weighted by atomic mass is 10.0. The zero-order chi connectivity index (χ0) is 17.3. The average molecular weight is 321 g/mol. The Morgan fingerprint density at radius 3 is 2.00 bits per heavy atom. The number of anilines is 1. The fraction of sp³-hybridized carbons (Fsp3) is 0.300. The van der Waals surface area contributed by atoms with Gasteiger partial charge in [0.05, 0.1) is 5.69 Å². The van der Waals surface area contributed by atoms with E-state index in [1.807, 2.05) is 53.5 Å². The normalized spacial score (nSPS) is 17.8. The van der Waals surface area contributed by atoms with Gasteiger partial charge in [-0.15, -0.1) is 5.10 Å². The fourth-order valence-corrected chi connectivity index (χ4v) is 3.05. The summed E-state index contributed by atoms with van der Waals surface area (Å²) >= 11 is 0. The molecule has 0 radical (unpaired) electrons. The number of nitrogens with zero attached hydrogens (tertiary/aromatic N) is 3. The van der Waals surface area contributed by atoms with E-state index in [-0.39, 0.29) is 17.5 Å². The highest BCUT2D eigenvalue weighted by atomic mass is 16.1. The predicted octanol–water partition coefficient (Wildman–Crippen LogP) is 4.21. The summed E-state index contributed by atoms with van der Waals surface area (Å²) in [6.45, 7) is 7.90. The Bertz CT molecular complexity index is 747. The van der Waals surface area contributed by atoms with Gasteiger partial charge in [-0.25, -0.2) is 5.01 Å². The number of carbonyl (C=O) groups is 1. The first-order valence-electron chi connectivity index (χ1n) is 8.17. The van der Waals surface area contributed by atoms with Crippen molar-refractivity contribution in [2.75, 3.05) is 5.01 Å². The van der Waals surface area contributed by atoms with Crippen molar-refractivity contribution in [3.63, 3.8) is 0 Å². The van der Waals surface area contributed by atoms with Crippen molar-refractivity contribution < 1.29 is 4.79 Å². The topological polar surface area (TPSA) is 35.9 Å². The number of benzene rings is 2. The summed E-state index contributed by atoms with van der Waals surface area (Å²) in [7, 11) is 0. The van der Waals surface area contributed by atoms with Gasteiger partial charge >= 0.3 is 0 Å². The molecular formula is C20H23N3O. The van der Waals surface area contributed by atoms with Gasteiger partial charge in [0.15, 0.2) is 17.8 Å². The molecule has 0 saturated carbocycles. The first kappa shape index (κ1) is 16.2. The van der Waals surface area contributed by atoms with Crippen LogP contribution in [0.2, 0.25) is 0 Å². The van der Waals surface area contributed by atoms with Crippen LogP contribution in [-0.2, 0) is 4.79 Å². The van der Waals surface area contributed by atoms with E-state index < -0.39 is 0 Å². The van der Waals surface area contributed by atoms with Gasteiger partial charge in [0, 0.05) is 12.5 Å². The number of amidine groups is 1. The van der Waals surface area contributed by atoms with Crippen molar-refractivity contribution in [2.45, 2.75) is 39.4 Å². The highest BCUT2D eigenvalue weighted by Crippen LogP contribution is 2.39. The lowest BCUT2D eigenvalue weighted by molar-refractivity contribution is -0.112. The largest absolute Gasteiger partial charge is 0.321 e. The lowest BCUT2D eigenvalue weighted by Crippen LogP contribution is -2.49. The van der Waals surface area contributed by atoms with Gasteiger partial charge in [-0.2, -0.15) is 0 Å². The molecule has 1 aliphatic rings. The summed E-state index contributed by atoms with van der Waals surface area (Å²) in [5, 5.41) is 6.63. The highest BCUT2D eigenvalue weighted by molar-refractivity contribution is 6.38. The maximum absolute atomic E-state index is 12.3. The summed E-state index contributed by atoms with van der Waals surface area (Å²) in [6, 6.07) is 20.2. The molecule has 0 fully saturated rings. The van der Waals surface area contributed by atoms with Gasteiger partial charge < -0.3 is 4.90 Å². The molecule has 0 spiro atoms. The van der Waals surface area contributed by atoms with E-state index in [0.29, 0.717) is 5.84 Å². The molecule has 1 unspecified atom stereocenters. The molecule has 1 heterocycles. The third kappa shape index (κ3) is 2.92. The van der Waals surface area contributed by atoms with Crippen molar-refractivity contribution in [3.05, 3.63) is 66.2 Å². The molecule has 4 heteroatoms. The molecule has 124 valence electrons. The molecule has 0 bridgehead atoms. The zero-order valence-electron chi connectivity index (χ0n) is 14.6. The number of para-hydroxylation sites is 1. The minimum atomic E-state index is -0.242. The molecule has 2 aromatic carbocycles. The van der Waals surface area contributed by atoms with Crippen LogP contribution in [0, 0.1) is 0 Å². The molecule has 2 aromatic rings. The van der Waals surface area contributed by atoms with Crippen LogP contribution < -0.4 is 5.01 Å². The Labute approximate surface area is 143 Å². The molecule has 3 rings (SSSR count). The molecule has 0 N–H and O–H groups in total. The van der Waals surface area contributed by atoms with Crippen molar-refractivity contribution in [3.8, 4) is 0 Å². The SMILES string of the molecule is CC(=O)C1=NN(c2ccccc2)C(c2ccccc2)N1C(C)(C)C. The molecule has 1 aliphatic heterocycles. The second-order valence-electron chi connectivity index (χ2n) is 6.99. The average Bonchev–Trinajstić information content (AvgIpc) is 2.97. The minimum Gasteiger partial charge on any atom is -0.321 e. The summed E-state index contributed by atoms with van der Waals surface area (Å²) < 4.78 is 0. The van der Waals surface area contributed by atoms with Gasteiger partial charge in [-0.3, -0.25) is 4.79 Å². The third-order valence-corrected chi connectivity index (χ3v) is 4.06. The van der Waals surface area contributed by atoms with Crippen molar-refractivity contribution >= 4 is 17.3 Å². The fourth-order valence-electron chi connectivity index (χ4n) is 3.05. The van der Waals surface area contributed by atoms with Crippen LogP contribution in [-0.4, -0.2) is 22.1 Å². The standard InChI is InChI=1S/C20H23N3O/c1-15(24)18-21-23(17-13-9-6-10-14-17)19(22(18)20(2,3)4)16-11-7-5-8-12-16/h5-14,19H,1-4H3. The number of ketones is 1. The molecular weight excluding hydrogens is 298 g/mol. The van der Waals surface area contributed by atoms with Crippen LogP contribution in [0.4, 0.5) is 5.69 Å². The first-order chi connectivity index (χ1) is 11.4. The number of hydrogen-bond donors (Lipinski definition) is 0. The molecule has 4 nitrogen and oxygen atoms in total. The lowest BCUT2D eigenvalue weighted by Gasteiger charge is -2.40. The van der Waals surface area contributed by atoms with Crippen LogP contribution in [0.3, 0.4) is 0 Å². The maximum atomic E-state index is 12.3. The van der Waals surface area contributed by atoms with Crippen LogP contribution >= 0.6 is 0 Å². The minimum absolute atomic E-state index is 0.0238. The molecule has 0 amide bonds. The van der Waals surface area contributed by atoms with E-state index >= 15 is 0 Å². The van der Waals surface area contributed by atoms with Gasteiger partial charge in [0.1, 0.15) is 0 Å². The molecule has 0 aromatic heterocycles. The van der Waals surface area contributed by atoms with Crippen molar-refractivity contribution in [1.29, 1.82) is 0 Å². The van der Waals surface area contributed by atoms with Gasteiger partial charge in [0.2, 0.25) is 0 Å². The van der Waals surface area contributed by atoms with E-state index in [9.17, 15) is 4.79 Å². The van der Waals surface area contributed by atoms with Gasteiger partial charge in [-0.1, -0.05) is 48.5 Å². The van der Waals surface area contributed by atoms with Crippen molar-refractivity contribution in [1.82, 2.24) is 4.90 Å². The Morgan fingerprint density at radius 2 is 1.50 bits per heavy atom. The van der Waals surface area contributed by atoms with Crippen molar-refractivity contribution in [2.24, 2.45) is 5.10 Å².